The van der Waals surface area contributed by atoms with E-state index in [0.717, 1.165) is 11.9 Å². The summed E-state index contributed by atoms with van der Waals surface area (Å²) in [7, 11) is 0. The number of anilines is 1. The van der Waals surface area contributed by atoms with E-state index in [1.807, 2.05) is 20.8 Å². The smallest absolute Gasteiger partial charge is 0.269 e. The van der Waals surface area contributed by atoms with E-state index in [4.69, 9.17) is 13.7 Å². The van der Waals surface area contributed by atoms with Gasteiger partial charge in [-0.05, 0) is 58.3 Å². The van der Waals surface area contributed by atoms with Crippen molar-refractivity contribution < 1.29 is 18.6 Å². The second-order valence-electron chi connectivity index (χ2n) is 8.15. The van der Waals surface area contributed by atoms with Crippen LogP contribution < -0.4 is 4.72 Å². The second kappa shape index (κ2) is 9.51. The Balaban J connectivity index is 2.14. The minimum absolute atomic E-state index is 0.126. The van der Waals surface area contributed by atoms with Crippen LogP contribution in [0, 0.1) is 10.1 Å². The van der Waals surface area contributed by atoms with Gasteiger partial charge >= 0.3 is 0 Å². The number of nitro benzene ring substituents is 1. The summed E-state index contributed by atoms with van der Waals surface area (Å²) in [5, 5.41) is 11.1. The number of non-ortho nitro benzene ring substituents is 1. The zero-order valence-electron chi connectivity index (χ0n) is 28.1. The number of nitro groups is 1. The molecular formula is C28H26N2O2S. The Morgan fingerprint density at radius 3 is 1.76 bits per heavy atom. The van der Waals surface area contributed by atoms with Gasteiger partial charge < -0.3 is 4.72 Å². The zero-order valence-corrected chi connectivity index (χ0v) is 19.0. The molecule has 0 aliphatic heterocycles. The number of hydrogen-bond acceptors (Lipinski definition) is 4. The van der Waals surface area contributed by atoms with Gasteiger partial charge in [-0.15, -0.1) is 0 Å². The standard InChI is InChI=1S/C28H26N2O2S/c1-28(2,3)22-18-25(20-10-6-4-7-11-20)27(26(19-22)21-12-8-5-9-13-21)29-33-24-16-14-23(15-17-24)30(31)32/h4-19,29H,1-3H3/i4D,5D,6D,7D,8D,9D,10D,11D,12D,13D. The molecule has 4 rings (SSSR count). The van der Waals surface area contributed by atoms with Crippen molar-refractivity contribution >= 4 is 23.3 Å². The van der Waals surface area contributed by atoms with Gasteiger partial charge in [-0.25, -0.2) is 0 Å². The number of benzene rings is 4. The summed E-state index contributed by atoms with van der Waals surface area (Å²) in [4.78, 5) is 11.1. The molecule has 0 bridgehead atoms. The van der Waals surface area contributed by atoms with Crippen molar-refractivity contribution in [2.75, 3.05) is 4.72 Å². The van der Waals surface area contributed by atoms with Crippen molar-refractivity contribution in [1.82, 2.24) is 0 Å². The molecule has 0 heterocycles. The molecule has 1 N–H and O–H groups in total. The third-order valence-electron chi connectivity index (χ3n) is 4.86. The van der Waals surface area contributed by atoms with E-state index >= 15 is 0 Å². The minimum Gasteiger partial charge on any atom is -0.325 e. The minimum atomic E-state index is -0.577. The molecule has 0 saturated heterocycles. The summed E-state index contributed by atoms with van der Waals surface area (Å²) < 4.78 is 87.0. The zero-order chi connectivity index (χ0) is 32.1. The molecule has 5 heteroatoms. The highest BCUT2D eigenvalue weighted by Crippen LogP contribution is 2.42. The van der Waals surface area contributed by atoms with Crippen LogP contribution in [0.25, 0.3) is 22.3 Å². The van der Waals surface area contributed by atoms with E-state index in [9.17, 15) is 10.1 Å². The van der Waals surface area contributed by atoms with Crippen LogP contribution in [0.1, 0.15) is 40.0 Å². The fraction of sp³-hybridized carbons (Fsp3) is 0.143. The normalized spacial score (nSPS) is 15.5. The van der Waals surface area contributed by atoms with Crippen LogP contribution in [0.3, 0.4) is 0 Å². The molecule has 0 aliphatic rings. The molecule has 4 nitrogen and oxygen atoms in total. The lowest BCUT2D eigenvalue weighted by Gasteiger charge is -2.25. The molecule has 4 aromatic rings. The van der Waals surface area contributed by atoms with Gasteiger partial charge in [-0.3, -0.25) is 10.1 Å². The first kappa shape index (κ1) is 13.2. The quantitative estimate of drug-likeness (QED) is 0.177. The highest BCUT2D eigenvalue weighted by molar-refractivity contribution is 8.00. The largest absolute Gasteiger partial charge is 0.325 e. The van der Waals surface area contributed by atoms with Crippen LogP contribution in [0.15, 0.2) is 102 Å². The summed E-state index contributed by atoms with van der Waals surface area (Å²) in [5.74, 6) is 0. The molecule has 0 atom stereocenters. The number of nitrogens with one attached hydrogen (secondary N) is 1. The fourth-order valence-corrected chi connectivity index (χ4v) is 3.81. The summed E-state index contributed by atoms with van der Waals surface area (Å²) in [5.41, 5.74) is 0.0686. The molecule has 0 amide bonds. The van der Waals surface area contributed by atoms with Gasteiger partial charge in [0.25, 0.3) is 5.69 Å². The van der Waals surface area contributed by atoms with Crippen molar-refractivity contribution in [3.63, 3.8) is 0 Å². The van der Waals surface area contributed by atoms with Crippen molar-refractivity contribution in [3.05, 3.63) is 113 Å². The number of nitrogens with zero attached hydrogens (tertiary/aromatic N) is 1. The molecule has 0 saturated carbocycles. The lowest BCUT2D eigenvalue weighted by molar-refractivity contribution is -0.384. The first-order valence-electron chi connectivity index (χ1n) is 15.0. The summed E-state index contributed by atoms with van der Waals surface area (Å²) in [6.07, 6.45) is 0. The second-order valence-corrected chi connectivity index (χ2v) is 9.03. The first-order valence-corrected chi connectivity index (χ1v) is 10.8. The van der Waals surface area contributed by atoms with E-state index in [0.29, 0.717) is 10.5 Å². The molecular weight excluding hydrogens is 428 g/mol. The summed E-state index contributed by atoms with van der Waals surface area (Å²) in [6.45, 7) is 5.66. The van der Waals surface area contributed by atoms with Crippen LogP contribution in [-0.4, -0.2) is 4.92 Å². The van der Waals surface area contributed by atoms with Gasteiger partial charge in [0.15, 0.2) is 0 Å². The SMILES string of the molecule is [2H]c1c([2H])c([2H])c(-c2cc(C(C)(C)C)cc(-c3c([2H])c([2H])c([2H])c([2H])c3[2H])c2NSc2ccc([N+](=O)[O-])cc2)c([2H])c1[2H]. The van der Waals surface area contributed by atoms with Gasteiger partial charge in [-0.2, -0.15) is 0 Å². The van der Waals surface area contributed by atoms with Crippen LogP contribution >= 0.6 is 11.9 Å². The van der Waals surface area contributed by atoms with Crippen molar-refractivity contribution in [3.8, 4) is 22.3 Å². The average molecular weight is 465 g/mol. The maximum atomic E-state index is 11.1. The van der Waals surface area contributed by atoms with E-state index in [-0.39, 0.29) is 33.6 Å². The highest BCUT2D eigenvalue weighted by atomic mass is 32.2. The average Bonchev–Trinajstić information content (AvgIpc) is 2.96. The van der Waals surface area contributed by atoms with Gasteiger partial charge in [-0.1, -0.05) is 81.2 Å². The Hall–Kier alpha value is -3.57. The molecule has 0 aliphatic carbocycles. The van der Waals surface area contributed by atoms with Gasteiger partial charge in [0, 0.05) is 28.2 Å². The van der Waals surface area contributed by atoms with Crippen molar-refractivity contribution in [1.29, 1.82) is 0 Å². The third-order valence-corrected chi connectivity index (χ3v) is 5.68. The molecule has 0 spiro atoms. The first-order chi connectivity index (χ1) is 20.0. The molecule has 4 aromatic carbocycles. The van der Waals surface area contributed by atoms with Crippen LogP contribution in [-0.2, 0) is 5.41 Å². The highest BCUT2D eigenvalue weighted by Gasteiger charge is 2.21. The van der Waals surface area contributed by atoms with E-state index < -0.39 is 70.8 Å². The van der Waals surface area contributed by atoms with Crippen molar-refractivity contribution in [2.24, 2.45) is 0 Å². The van der Waals surface area contributed by atoms with E-state index in [2.05, 4.69) is 4.72 Å². The predicted octanol–water partition coefficient (Wildman–Crippen LogP) is 8.35. The van der Waals surface area contributed by atoms with E-state index in [1.54, 1.807) is 12.1 Å². The third kappa shape index (κ3) is 5.26. The van der Waals surface area contributed by atoms with Crippen LogP contribution in [0.2, 0.25) is 0 Å². The van der Waals surface area contributed by atoms with Crippen molar-refractivity contribution in [2.45, 2.75) is 31.1 Å². The fourth-order valence-electron chi connectivity index (χ4n) is 3.09. The Kier molecular flexibility index (Phi) is 3.81. The Morgan fingerprint density at radius 1 is 0.848 bits per heavy atom. The monoisotopic (exact) mass is 464 g/mol. The lowest BCUT2D eigenvalue weighted by atomic mass is 9.82. The Labute approximate surface area is 213 Å². The number of hydrogen-bond donors (Lipinski definition) is 1. The van der Waals surface area contributed by atoms with Gasteiger partial charge in [0.05, 0.1) is 24.3 Å². The maximum Gasteiger partial charge on any atom is 0.269 e. The maximum absolute atomic E-state index is 11.1. The topological polar surface area (TPSA) is 55.2 Å². The predicted molar refractivity (Wildman–Crippen MR) is 139 cm³/mol. The van der Waals surface area contributed by atoms with E-state index in [1.165, 1.54) is 24.3 Å². The molecule has 0 aromatic heterocycles. The molecule has 33 heavy (non-hydrogen) atoms. The summed E-state index contributed by atoms with van der Waals surface area (Å²) >= 11 is 0.992. The molecule has 166 valence electrons. The Morgan fingerprint density at radius 2 is 1.33 bits per heavy atom. The molecule has 0 fully saturated rings. The van der Waals surface area contributed by atoms with Crippen LogP contribution in [0.4, 0.5) is 11.4 Å². The summed E-state index contributed by atoms with van der Waals surface area (Å²) in [6, 6.07) is 3.60. The van der Waals surface area contributed by atoms with Gasteiger partial charge in [0.2, 0.25) is 0 Å². The van der Waals surface area contributed by atoms with Crippen LogP contribution in [0.5, 0.6) is 0 Å². The Bertz CT molecular complexity index is 1640. The number of rotatable bonds is 6. The van der Waals surface area contributed by atoms with Gasteiger partial charge in [0.1, 0.15) is 0 Å². The lowest BCUT2D eigenvalue weighted by Crippen LogP contribution is -2.12. The molecule has 0 unspecified atom stereocenters. The molecule has 0 radical (unpaired) electrons.